The molecule has 2 rings (SSSR count). The molecule has 0 aliphatic heterocycles. The maximum atomic E-state index is 11.1. The van der Waals surface area contributed by atoms with E-state index in [1.165, 1.54) is 18.2 Å². The van der Waals surface area contributed by atoms with Gasteiger partial charge in [0, 0.05) is 12.5 Å². The molecule has 0 amide bonds. The molecule has 1 aromatic rings. The van der Waals surface area contributed by atoms with E-state index in [1.807, 2.05) is 0 Å². The highest BCUT2D eigenvalue weighted by Gasteiger charge is 2.20. The molecule has 2 N–H and O–H groups in total. The second-order valence-corrected chi connectivity index (χ2v) is 5.03. The predicted molar refractivity (Wildman–Crippen MR) is 73.3 cm³/mol. The van der Waals surface area contributed by atoms with Crippen molar-refractivity contribution >= 4 is 5.97 Å². The van der Waals surface area contributed by atoms with Crippen LogP contribution in [0.3, 0.4) is 0 Å². The Morgan fingerprint density at radius 1 is 1.32 bits per heavy atom. The molecule has 0 fully saturated rings. The first-order valence-corrected chi connectivity index (χ1v) is 6.65. The van der Waals surface area contributed by atoms with Crippen molar-refractivity contribution in [2.75, 3.05) is 14.2 Å². The molecule has 0 radical (unpaired) electrons. The van der Waals surface area contributed by atoms with E-state index < -0.39 is 0 Å². The maximum Gasteiger partial charge on any atom is 0.305 e. The Bertz CT molecular complexity index is 471. The van der Waals surface area contributed by atoms with Crippen molar-refractivity contribution in [2.24, 2.45) is 5.73 Å². The molecule has 0 saturated heterocycles. The molecule has 1 aliphatic rings. The molecule has 1 unspecified atom stereocenters. The van der Waals surface area contributed by atoms with Gasteiger partial charge < -0.3 is 15.2 Å². The first-order valence-electron chi connectivity index (χ1n) is 6.65. The monoisotopic (exact) mass is 263 g/mol. The van der Waals surface area contributed by atoms with Crippen LogP contribution in [0.1, 0.15) is 29.5 Å². The third-order valence-corrected chi connectivity index (χ3v) is 3.62. The lowest BCUT2D eigenvalue weighted by atomic mass is 10.0. The number of methoxy groups -OCH3 is 2. The number of aryl methyl sites for hydroxylation is 1. The van der Waals surface area contributed by atoms with Gasteiger partial charge >= 0.3 is 5.97 Å². The van der Waals surface area contributed by atoms with Crippen LogP contribution in [-0.2, 0) is 28.8 Å². The molecular weight excluding hydrogens is 242 g/mol. The van der Waals surface area contributed by atoms with Gasteiger partial charge in [-0.25, -0.2) is 0 Å². The highest BCUT2D eigenvalue weighted by atomic mass is 16.5. The van der Waals surface area contributed by atoms with Crippen LogP contribution in [0.15, 0.2) is 12.1 Å². The number of nitrogens with two attached hydrogens (primary N) is 1. The molecule has 0 bridgehead atoms. The van der Waals surface area contributed by atoms with Gasteiger partial charge in [0.15, 0.2) is 0 Å². The fourth-order valence-electron chi connectivity index (χ4n) is 2.65. The van der Waals surface area contributed by atoms with Crippen molar-refractivity contribution in [3.63, 3.8) is 0 Å². The minimum absolute atomic E-state index is 0.165. The average molecular weight is 263 g/mol. The summed E-state index contributed by atoms with van der Waals surface area (Å²) in [5.41, 5.74) is 9.75. The third-order valence-electron chi connectivity index (χ3n) is 3.62. The standard InChI is InChI=1S/C15H21NO3/c1-18-14-9-12-8-13(16)7-11(12)6-10(14)4-3-5-15(17)19-2/h6,9,13H,3-5,7-8,16H2,1-2H3. The molecule has 104 valence electrons. The second kappa shape index (κ2) is 6.06. The van der Waals surface area contributed by atoms with Crippen LogP contribution in [0.4, 0.5) is 0 Å². The molecule has 4 nitrogen and oxygen atoms in total. The summed E-state index contributed by atoms with van der Waals surface area (Å²) in [5.74, 6) is 0.736. The minimum Gasteiger partial charge on any atom is -0.496 e. The summed E-state index contributed by atoms with van der Waals surface area (Å²) in [7, 11) is 3.10. The summed E-state index contributed by atoms with van der Waals surface area (Å²) in [6, 6.07) is 4.50. The lowest BCUT2D eigenvalue weighted by Gasteiger charge is -2.11. The van der Waals surface area contributed by atoms with Crippen LogP contribution in [0.2, 0.25) is 0 Å². The van der Waals surface area contributed by atoms with Gasteiger partial charge in [0.1, 0.15) is 5.75 Å². The largest absolute Gasteiger partial charge is 0.496 e. The van der Waals surface area contributed by atoms with Gasteiger partial charge in [-0.1, -0.05) is 6.07 Å². The lowest BCUT2D eigenvalue weighted by Crippen LogP contribution is -2.18. The predicted octanol–water partition coefficient (Wildman–Crippen LogP) is 1.62. The Morgan fingerprint density at radius 3 is 2.63 bits per heavy atom. The zero-order valence-corrected chi connectivity index (χ0v) is 11.6. The van der Waals surface area contributed by atoms with Gasteiger partial charge in [0.05, 0.1) is 14.2 Å². The molecule has 0 heterocycles. The Morgan fingerprint density at radius 2 is 2.00 bits per heavy atom. The van der Waals surface area contributed by atoms with E-state index >= 15 is 0 Å². The number of esters is 1. The molecule has 0 aromatic heterocycles. The molecule has 4 heteroatoms. The summed E-state index contributed by atoms with van der Waals surface area (Å²) in [6.07, 6.45) is 3.89. The topological polar surface area (TPSA) is 61.5 Å². The van der Waals surface area contributed by atoms with Crippen molar-refractivity contribution in [2.45, 2.75) is 38.1 Å². The first kappa shape index (κ1) is 13.9. The van der Waals surface area contributed by atoms with Crippen LogP contribution in [0.25, 0.3) is 0 Å². The van der Waals surface area contributed by atoms with E-state index in [0.29, 0.717) is 6.42 Å². The van der Waals surface area contributed by atoms with E-state index in [1.54, 1.807) is 7.11 Å². The summed E-state index contributed by atoms with van der Waals surface area (Å²) in [4.78, 5) is 11.1. The third kappa shape index (κ3) is 3.26. The van der Waals surface area contributed by atoms with Gasteiger partial charge in [-0.2, -0.15) is 0 Å². The lowest BCUT2D eigenvalue weighted by molar-refractivity contribution is -0.140. The summed E-state index contributed by atoms with van der Waals surface area (Å²) < 4.78 is 10.1. The smallest absolute Gasteiger partial charge is 0.305 e. The zero-order valence-electron chi connectivity index (χ0n) is 11.6. The Kier molecular flexibility index (Phi) is 4.43. The summed E-state index contributed by atoms with van der Waals surface area (Å²) in [5, 5.41) is 0. The highest BCUT2D eigenvalue weighted by Crippen LogP contribution is 2.30. The van der Waals surface area contributed by atoms with E-state index in [-0.39, 0.29) is 12.0 Å². The summed E-state index contributed by atoms with van der Waals surface area (Å²) >= 11 is 0. The van der Waals surface area contributed by atoms with E-state index in [2.05, 4.69) is 16.9 Å². The normalized spacial score (nSPS) is 17.1. The fraction of sp³-hybridized carbons (Fsp3) is 0.533. The van der Waals surface area contributed by atoms with Gasteiger partial charge in [-0.05, 0) is 48.4 Å². The quantitative estimate of drug-likeness (QED) is 0.820. The van der Waals surface area contributed by atoms with Crippen molar-refractivity contribution < 1.29 is 14.3 Å². The second-order valence-electron chi connectivity index (χ2n) is 5.03. The number of benzene rings is 1. The van der Waals surface area contributed by atoms with Crippen molar-refractivity contribution in [1.29, 1.82) is 0 Å². The first-order chi connectivity index (χ1) is 9.13. The van der Waals surface area contributed by atoms with Crippen molar-refractivity contribution in [3.05, 3.63) is 28.8 Å². The van der Waals surface area contributed by atoms with Crippen LogP contribution >= 0.6 is 0 Å². The Balaban J connectivity index is 2.07. The van der Waals surface area contributed by atoms with Gasteiger partial charge in [0.2, 0.25) is 0 Å². The SMILES string of the molecule is COC(=O)CCCc1cc2c(cc1OC)CC(N)C2. The number of fused-ring (bicyclic) bond motifs is 1. The van der Waals surface area contributed by atoms with Crippen LogP contribution in [-0.4, -0.2) is 26.2 Å². The molecule has 1 aromatic carbocycles. The average Bonchev–Trinajstić information content (AvgIpc) is 2.76. The Hall–Kier alpha value is -1.55. The molecule has 19 heavy (non-hydrogen) atoms. The molecule has 0 spiro atoms. The molecule has 1 atom stereocenters. The number of carbonyl (C=O) groups is 1. The van der Waals surface area contributed by atoms with Crippen LogP contribution < -0.4 is 10.5 Å². The molecular formula is C15H21NO3. The minimum atomic E-state index is -0.165. The number of hydrogen-bond donors (Lipinski definition) is 1. The fourth-order valence-corrected chi connectivity index (χ4v) is 2.65. The van der Waals surface area contributed by atoms with Crippen molar-refractivity contribution in [3.8, 4) is 5.75 Å². The van der Waals surface area contributed by atoms with Gasteiger partial charge in [0.25, 0.3) is 0 Å². The number of ether oxygens (including phenoxy) is 2. The Labute approximate surface area is 113 Å². The zero-order chi connectivity index (χ0) is 13.8. The molecule has 1 aliphatic carbocycles. The van der Waals surface area contributed by atoms with Crippen molar-refractivity contribution in [1.82, 2.24) is 0 Å². The highest BCUT2D eigenvalue weighted by molar-refractivity contribution is 5.69. The summed E-state index contributed by atoms with van der Waals surface area (Å²) in [6.45, 7) is 0. The van der Waals surface area contributed by atoms with E-state index in [0.717, 1.165) is 37.0 Å². The number of carbonyl (C=O) groups excluding carboxylic acids is 1. The van der Waals surface area contributed by atoms with E-state index in [9.17, 15) is 4.79 Å². The van der Waals surface area contributed by atoms with Crippen LogP contribution in [0, 0.1) is 0 Å². The maximum absolute atomic E-state index is 11.1. The van der Waals surface area contributed by atoms with E-state index in [4.69, 9.17) is 10.5 Å². The number of hydrogen-bond acceptors (Lipinski definition) is 4. The van der Waals surface area contributed by atoms with Crippen LogP contribution in [0.5, 0.6) is 5.75 Å². The van der Waals surface area contributed by atoms with Gasteiger partial charge in [-0.3, -0.25) is 4.79 Å². The molecule has 0 saturated carbocycles. The number of rotatable bonds is 5. The van der Waals surface area contributed by atoms with Gasteiger partial charge in [-0.15, -0.1) is 0 Å².